The molecule has 0 amide bonds. The van der Waals surface area contributed by atoms with Gasteiger partial charge in [0.1, 0.15) is 12.1 Å². The van der Waals surface area contributed by atoms with Crippen LogP contribution in [0.4, 0.5) is 0 Å². The first kappa shape index (κ1) is 11.6. The summed E-state index contributed by atoms with van der Waals surface area (Å²) in [7, 11) is 0. The van der Waals surface area contributed by atoms with Gasteiger partial charge in [-0.15, -0.1) is 0 Å². The van der Waals surface area contributed by atoms with Gasteiger partial charge in [-0.1, -0.05) is 12.1 Å². The number of hydrogen-bond acceptors (Lipinski definition) is 3. The van der Waals surface area contributed by atoms with Crippen molar-refractivity contribution >= 4 is 11.0 Å². The Morgan fingerprint density at radius 1 is 1.15 bits per heavy atom. The number of hydrogen-bond donors (Lipinski definition) is 1. The average Bonchev–Trinajstić information content (AvgIpc) is 3.23. The van der Waals surface area contributed by atoms with E-state index in [1.807, 2.05) is 35.3 Å². The van der Waals surface area contributed by atoms with E-state index < -0.39 is 0 Å². The maximum Gasteiger partial charge on any atom is 0.138 e. The molecule has 1 aromatic carbocycles. The van der Waals surface area contributed by atoms with Crippen LogP contribution in [0.3, 0.4) is 0 Å². The molecule has 100 valence electrons. The number of pyridine rings is 1. The molecule has 0 spiro atoms. The molecular weight excluding hydrogens is 248 g/mol. The number of para-hydroxylation sites is 2. The lowest BCUT2D eigenvalue weighted by molar-refractivity contribution is 0.686. The molecule has 4 nitrogen and oxygen atoms in total. The highest BCUT2D eigenvalue weighted by molar-refractivity contribution is 5.76. The highest BCUT2D eigenvalue weighted by Crippen LogP contribution is 2.20. The summed E-state index contributed by atoms with van der Waals surface area (Å²) in [5, 5.41) is 3.53. The van der Waals surface area contributed by atoms with Crippen molar-refractivity contribution in [3.63, 3.8) is 0 Å². The molecule has 1 aliphatic rings. The number of benzene rings is 1. The van der Waals surface area contributed by atoms with Gasteiger partial charge in [-0.2, -0.15) is 0 Å². The largest absolute Gasteiger partial charge is 0.310 e. The van der Waals surface area contributed by atoms with Crippen molar-refractivity contribution < 1.29 is 0 Å². The smallest absolute Gasteiger partial charge is 0.138 e. The molecule has 1 aliphatic carbocycles. The Balaban J connectivity index is 1.68. The van der Waals surface area contributed by atoms with Gasteiger partial charge in [0.25, 0.3) is 0 Å². The fourth-order valence-corrected chi connectivity index (χ4v) is 2.39. The van der Waals surface area contributed by atoms with Crippen molar-refractivity contribution in [2.24, 2.45) is 0 Å². The summed E-state index contributed by atoms with van der Waals surface area (Å²) in [6, 6.07) is 13.0. The van der Waals surface area contributed by atoms with Crippen molar-refractivity contribution in [2.75, 3.05) is 0 Å². The second-order valence-corrected chi connectivity index (χ2v) is 5.28. The third kappa shape index (κ3) is 2.18. The van der Waals surface area contributed by atoms with E-state index in [9.17, 15) is 0 Å². The summed E-state index contributed by atoms with van der Waals surface area (Å²) in [6.45, 7) is 0.910. The molecule has 0 aliphatic heterocycles. The molecule has 0 unspecified atom stereocenters. The van der Waals surface area contributed by atoms with E-state index in [4.69, 9.17) is 0 Å². The Morgan fingerprint density at radius 3 is 2.95 bits per heavy atom. The van der Waals surface area contributed by atoms with Crippen molar-refractivity contribution in [3.05, 3.63) is 54.5 Å². The summed E-state index contributed by atoms with van der Waals surface area (Å²) in [6.07, 6.45) is 6.33. The van der Waals surface area contributed by atoms with Crippen LogP contribution in [-0.2, 0) is 6.54 Å². The molecule has 0 atom stereocenters. The fraction of sp³-hybridized carbons (Fsp3) is 0.250. The first-order valence-electron chi connectivity index (χ1n) is 7.01. The van der Waals surface area contributed by atoms with Crippen LogP contribution in [-0.4, -0.2) is 20.6 Å². The maximum absolute atomic E-state index is 4.47. The standard InChI is InChI=1S/C16H16N4/c1-2-4-15-14(3-1)19-11-20(15)16-9-12(7-8-17-16)10-18-13-5-6-13/h1-4,7-9,11,13,18H,5-6,10H2. The molecule has 2 aromatic heterocycles. The number of fused-ring (bicyclic) bond motifs is 1. The Hall–Kier alpha value is -2.20. The second-order valence-electron chi connectivity index (χ2n) is 5.28. The van der Waals surface area contributed by atoms with E-state index in [0.29, 0.717) is 0 Å². The van der Waals surface area contributed by atoms with Gasteiger partial charge in [0.15, 0.2) is 0 Å². The molecule has 0 bridgehead atoms. The van der Waals surface area contributed by atoms with Crippen LogP contribution in [0.5, 0.6) is 0 Å². The highest BCUT2D eigenvalue weighted by Gasteiger charge is 2.19. The highest BCUT2D eigenvalue weighted by atomic mass is 15.1. The van der Waals surface area contributed by atoms with Gasteiger partial charge >= 0.3 is 0 Å². The van der Waals surface area contributed by atoms with Gasteiger partial charge in [0.2, 0.25) is 0 Å². The van der Waals surface area contributed by atoms with Crippen LogP contribution < -0.4 is 5.32 Å². The molecule has 4 rings (SSSR count). The minimum absolute atomic E-state index is 0.723. The molecule has 0 saturated heterocycles. The van der Waals surface area contributed by atoms with Crippen molar-refractivity contribution in [2.45, 2.75) is 25.4 Å². The van der Waals surface area contributed by atoms with Crippen molar-refractivity contribution in [3.8, 4) is 5.82 Å². The molecule has 3 aromatic rings. The maximum atomic E-state index is 4.47. The third-order valence-electron chi connectivity index (χ3n) is 3.68. The Morgan fingerprint density at radius 2 is 2.05 bits per heavy atom. The predicted molar refractivity (Wildman–Crippen MR) is 78.7 cm³/mol. The summed E-state index contributed by atoms with van der Waals surface area (Å²) < 4.78 is 2.04. The average molecular weight is 264 g/mol. The summed E-state index contributed by atoms with van der Waals surface area (Å²) in [5.41, 5.74) is 3.35. The number of aromatic nitrogens is 3. The lowest BCUT2D eigenvalue weighted by Gasteiger charge is -2.07. The van der Waals surface area contributed by atoms with Crippen molar-refractivity contribution in [1.82, 2.24) is 19.9 Å². The lowest BCUT2D eigenvalue weighted by atomic mass is 10.2. The third-order valence-corrected chi connectivity index (χ3v) is 3.68. The monoisotopic (exact) mass is 264 g/mol. The molecule has 2 heterocycles. The lowest BCUT2D eigenvalue weighted by Crippen LogP contribution is -2.15. The Kier molecular flexibility index (Phi) is 2.74. The molecule has 4 heteroatoms. The molecule has 0 radical (unpaired) electrons. The van der Waals surface area contributed by atoms with Gasteiger partial charge in [-0.05, 0) is 42.7 Å². The summed E-state index contributed by atoms with van der Waals surface area (Å²) in [4.78, 5) is 8.89. The van der Waals surface area contributed by atoms with Crippen LogP contribution in [0.15, 0.2) is 48.9 Å². The SMILES string of the molecule is c1ccc2c(c1)ncn2-c1cc(CNC2CC2)ccn1. The first-order chi connectivity index (χ1) is 9.90. The number of nitrogens with zero attached hydrogens (tertiary/aromatic N) is 3. The zero-order chi connectivity index (χ0) is 13.4. The van der Waals surface area contributed by atoms with E-state index in [0.717, 1.165) is 29.4 Å². The van der Waals surface area contributed by atoms with Gasteiger partial charge in [-0.3, -0.25) is 4.57 Å². The van der Waals surface area contributed by atoms with E-state index in [2.05, 4.69) is 33.5 Å². The Bertz CT molecular complexity index is 743. The summed E-state index contributed by atoms with van der Waals surface area (Å²) >= 11 is 0. The van der Waals surface area contributed by atoms with Gasteiger partial charge in [0.05, 0.1) is 11.0 Å². The van der Waals surface area contributed by atoms with Crippen molar-refractivity contribution in [1.29, 1.82) is 0 Å². The molecule has 20 heavy (non-hydrogen) atoms. The van der Waals surface area contributed by atoms with Gasteiger partial charge < -0.3 is 5.32 Å². The fourth-order valence-electron chi connectivity index (χ4n) is 2.39. The van der Waals surface area contributed by atoms with Gasteiger partial charge in [0, 0.05) is 18.8 Å². The van der Waals surface area contributed by atoms with Crippen LogP contribution in [0.25, 0.3) is 16.9 Å². The number of rotatable bonds is 4. The van der Waals surface area contributed by atoms with E-state index in [1.165, 1.54) is 18.4 Å². The number of imidazole rings is 1. The zero-order valence-corrected chi connectivity index (χ0v) is 11.2. The van der Waals surface area contributed by atoms with Gasteiger partial charge in [-0.25, -0.2) is 9.97 Å². The summed E-state index contributed by atoms with van der Waals surface area (Å²) in [5.74, 6) is 0.925. The first-order valence-corrected chi connectivity index (χ1v) is 7.01. The van der Waals surface area contributed by atoms with Crippen LogP contribution in [0.2, 0.25) is 0 Å². The van der Waals surface area contributed by atoms with E-state index in [-0.39, 0.29) is 0 Å². The van der Waals surface area contributed by atoms with Crippen LogP contribution in [0.1, 0.15) is 18.4 Å². The zero-order valence-electron chi connectivity index (χ0n) is 11.2. The second kappa shape index (κ2) is 4.72. The van der Waals surface area contributed by atoms with Crippen LogP contribution >= 0.6 is 0 Å². The topological polar surface area (TPSA) is 42.7 Å². The minimum Gasteiger partial charge on any atom is -0.310 e. The quantitative estimate of drug-likeness (QED) is 0.788. The molecule has 1 N–H and O–H groups in total. The number of nitrogens with one attached hydrogen (secondary N) is 1. The Labute approximate surface area is 117 Å². The molecule has 1 saturated carbocycles. The normalized spacial score (nSPS) is 14.8. The minimum atomic E-state index is 0.723. The predicted octanol–water partition coefficient (Wildman–Crippen LogP) is 2.67. The molecule has 1 fully saturated rings. The van der Waals surface area contributed by atoms with Crippen LogP contribution in [0, 0.1) is 0 Å². The molecular formula is C16H16N4. The van der Waals surface area contributed by atoms with E-state index >= 15 is 0 Å². The van der Waals surface area contributed by atoms with E-state index in [1.54, 1.807) is 0 Å².